The van der Waals surface area contributed by atoms with Gasteiger partial charge in [0.25, 0.3) is 0 Å². The first-order chi connectivity index (χ1) is 10.5. The molecule has 3 nitrogen and oxygen atoms in total. The molecule has 0 saturated carbocycles. The molecule has 0 amide bonds. The molecule has 0 unspecified atom stereocenters. The van der Waals surface area contributed by atoms with Crippen LogP contribution < -0.4 is 15.5 Å². The Labute approximate surface area is 144 Å². The maximum Gasteiger partial charge on any atom is 0.171 e. The number of nitrogens with one attached hydrogen (secondary N) is 3. The van der Waals surface area contributed by atoms with E-state index in [4.69, 9.17) is 23.8 Å². The Balaban J connectivity index is 1.87. The van der Waals surface area contributed by atoms with Crippen molar-refractivity contribution in [2.75, 3.05) is 25.0 Å². The van der Waals surface area contributed by atoms with Gasteiger partial charge < -0.3 is 15.5 Å². The van der Waals surface area contributed by atoms with Gasteiger partial charge in [0.1, 0.15) is 0 Å². The van der Waals surface area contributed by atoms with Crippen LogP contribution in [0.3, 0.4) is 0 Å². The molecule has 1 aromatic rings. The summed E-state index contributed by atoms with van der Waals surface area (Å²) < 4.78 is 0. The van der Waals surface area contributed by atoms with Crippen molar-refractivity contribution in [3.63, 3.8) is 0 Å². The van der Waals surface area contributed by atoms with Crippen LogP contribution in [0.25, 0.3) is 0 Å². The second kappa shape index (κ2) is 8.14. The number of halogens is 1. The maximum absolute atomic E-state index is 6.32. The van der Waals surface area contributed by atoms with Crippen LogP contribution in [-0.4, -0.2) is 30.8 Å². The first-order valence-corrected chi connectivity index (χ1v) is 8.96. The van der Waals surface area contributed by atoms with Gasteiger partial charge in [-0.05, 0) is 49.7 Å². The van der Waals surface area contributed by atoms with Gasteiger partial charge in [0.2, 0.25) is 0 Å². The zero-order valence-electron chi connectivity index (χ0n) is 13.8. The van der Waals surface area contributed by atoms with Crippen molar-refractivity contribution in [2.45, 2.75) is 46.1 Å². The second-order valence-electron chi connectivity index (χ2n) is 6.31. The SMILES string of the molecule is CCC[NH+]1CCC(NC(=S)Nc2c(C)cc(C)cc2Cl)CC1. The molecule has 0 spiro atoms. The molecule has 5 heteroatoms. The zero-order valence-corrected chi connectivity index (χ0v) is 15.3. The van der Waals surface area contributed by atoms with Gasteiger partial charge in [0, 0.05) is 18.9 Å². The predicted octanol–water partition coefficient (Wildman–Crippen LogP) is 2.70. The fourth-order valence-corrected chi connectivity index (χ4v) is 3.82. The smallest absolute Gasteiger partial charge is 0.171 e. The first kappa shape index (κ1) is 17.5. The summed E-state index contributed by atoms with van der Waals surface area (Å²) in [6.45, 7) is 10.1. The molecule has 1 fully saturated rings. The number of quaternary nitrogens is 1. The number of aryl methyl sites for hydroxylation is 2. The molecule has 0 aliphatic carbocycles. The van der Waals surface area contributed by atoms with Crippen LogP contribution in [0.1, 0.15) is 37.3 Å². The van der Waals surface area contributed by atoms with Crippen LogP contribution in [0.15, 0.2) is 12.1 Å². The Hall–Kier alpha value is -0.840. The highest BCUT2D eigenvalue weighted by Gasteiger charge is 2.22. The third kappa shape index (κ3) is 4.83. The third-order valence-electron chi connectivity index (χ3n) is 4.30. The highest BCUT2D eigenvalue weighted by atomic mass is 35.5. The number of anilines is 1. The Kier molecular flexibility index (Phi) is 6.48. The van der Waals surface area contributed by atoms with Gasteiger partial charge in [-0.2, -0.15) is 0 Å². The molecular formula is C17H27ClN3S+. The summed E-state index contributed by atoms with van der Waals surface area (Å²) in [5.41, 5.74) is 3.20. The van der Waals surface area contributed by atoms with Crippen LogP contribution in [0, 0.1) is 13.8 Å². The molecule has 1 aliphatic heterocycles. The normalized spacial score (nSPS) is 21.5. The monoisotopic (exact) mass is 340 g/mol. The number of hydrogen-bond acceptors (Lipinski definition) is 1. The summed E-state index contributed by atoms with van der Waals surface area (Å²) in [6.07, 6.45) is 3.62. The minimum absolute atomic E-state index is 0.477. The van der Waals surface area contributed by atoms with E-state index in [1.807, 2.05) is 13.0 Å². The number of benzene rings is 1. The average molecular weight is 341 g/mol. The van der Waals surface area contributed by atoms with E-state index >= 15 is 0 Å². The highest BCUT2D eigenvalue weighted by molar-refractivity contribution is 7.80. The number of rotatable bonds is 4. The van der Waals surface area contributed by atoms with Crippen molar-refractivity contribution in [1.29, 1.82) is 0 Å². The molecule has 122 valence electrons. The van der Waals surface area contributed by atoms with Gasteiger partial charge in [0.05, 0.1) is 30.3 Å². The Morgan fingerprint density at radius 2 is 2.00 bits per heavy atom. The van der Waals surface area contributed by atoms with Crippen LogP contribution in [0.2, 0.25) is 5.02 Å². The van der Waals surface area contributed by atoms with E-state index in [1.165, 1.54) is 38.9 Å². The zero-order chi connectivity index (χ0) is 16.1. The minimum atomic E-state index is 0.477. The van der Waals surface area contributed by atoms with Crippen LogP contribution in [0.5, 0.6) is 0 Å². The van der Waals surface area contributed by atoms with E-state index < -0.39 is 0 Å². The van der Waals surface area contributed by atoms with Gasteiger partial charge in [-0.1, -0.05) is 24.6 Å². The van der Waals surface area contributed by atoms with Crippen LogP contribution in [-0.2, 0) is 0 Å². The van der Waals surface area contributed by atoms with E-state index in [1.54, 1.807) is 4.90 Å². The number of thiocarbonyl (C=S) groups is 1. The van der Waals surface area contributed by atoms with Gasteiger partial charge in [-0.15, -0.1) is 0 Å². The lowest BCUT2D eigenvalue weighted by molar-refractivity contribution is -0.905. The molecule has 22 heavy (non-hydrogen) atoms. The van der Waals surface area contributed by atoms with Crippen LogP contribution >= 0.6 is 23.8 Å². The van der Waals surface area contributed by atoms with E-state index in [0.717, 1.165) is 21.8 Å². The molecule has 1 aliphatic rings. The minimum Gasteiger partial charge on any atom is -0.359 e. The van der Waals surface area contributed by atoms with Crippen molar-refractivity contribution in [3.05, 3.63) is 28.3 Å². The second-order valence-corrected chi connectivity index (χ2v) is 7.13. The Bertz CT molecular complexity index is 502. The molecular weight excluding hydrogens is 314 g/mol. The summed E-state index contributed by atoms with van der Waals surface area (Å²) in [5.74, 6) is 0. The Morgan fingerprint density at radius 3 is 2.59 bits per heavy atom. The third-order valence-corrected chi connectivity index (χ3v) is 4.82. The summed E-state index contributed by atoms with van der Waals surface area (Å²) in [4.78, 5) is 1.72. The molecule has 0 atom stereocenters. The van der Waals surface area contributed by atoms with E-state index in [0.29, 0.717) is 11.2 Å². The summed E-state index contributed by atoms with van der Waals surface area (Å²) in [6, 6.07) is 4.56. The van der Waals surface area contributed by atoms with Crippen LogP contribution in [0.4, 0.5) is 5.69 Å². The number of likely N-dealkylation sites (tertiary alicyclic amines) is 1. The average Bonchev–Trinajstić information content (AvgIpc) is 2.45. The lowest BCUT2D eigenvalue weighted by Gasteiger charge is -2.30. The molecule has 3 N–H and O–H groups in total. The van der Waals surface area contributed by atoms with Crippen molar-refractivity contribution < 1.29 is 4.90 Å². The summed E-state index contributed by atoms with van der Waals surface area (Å²) in [7, 11) is 0. The Morgan fingerprint density at radius 1 is 1.32 bits per heavy atom. The summed E-state index contributed by atoms with van der Waals surface area (Å²) in [5, 5.41) is 8.12. The first-order valence-electron chi connectivity index (χ1n) is 8.17. The fourth-order valence-electron chi connectivity index (χ4n) is 3.18. The standard InChI is InChI=1S/C17H26ClN3S/c1-4-7-21-8-5-14(6-9-21)19-17(22)20-16-13(3)10-12(2)11-15(16)18/h10-11,14H,4-9H2,1-3H3,(H2,19,20,22)/p+1. The van der Waals surface area contributed by atoms with Crippen molar-refractivity contribution in [2.24, 2.45) is 0 Å². The highest BCUT2D eigenvalue weighted by Crippen LogP contribution is 2.27. The van der Waals surface area contributed by atoms with Gasteiger partial charge >= 0.3 is 0 Å². The quantitative estimate of drug-likeness (QED) is 0.736. The van der Waals surface area contributed by atoms with E-state index in [9.17, 15) is 0 Å². The number of piperidine rings is 1. The lowest BCUT2D eigenvalue weighted by Crippen LogP contribution is -3.13. The molecule has 1 heterocycles. The van der Waals surface area contributed by atoms with Gasteiger partial charge in [0.15, 0.2) is 5.11 Å². The molecule has 0 radical (unpaired) electrons. The van der Waals surface area contributed by atoms with Crippen molar-refractivity contribution in [1.82, 2.24) is 5.32 Å². The van der Waals surface area contributed by atoms with Crippen molar-refractivity contribution >= 4 is 34.6 Å². The molecule has 1 aromatic carbocycles. The summed E-state index contributed by atoms with van der Waals surface area (Å²) >= 11 is 11.8. The van der Waals surface area contributed by atoms with E-state index in [2.05, 4.69) is 30.5 Å². The lowest BCUT2D eigenvalue weighted by atomic mass is 10.1. The molecule has 1 saturated heterocycles. The van der Waals surface area contributed by atoms with Gasteiger partial charge in [-0.3, -0.25) is 0 Å². The maximum atomic E-state index is 6.32. The topological polar surface area (TPSA) is 28.5 Å². The predicted molar refractivity (Wildman–Crippen MR) is 99.2 cm³/mol. The molecule has 0 aromatic heterocycles. The van der Waals surface area contributed by atoms with Gasteiger partial charge in [-0.25, -0.2) is 0 Å². The molecule has 2 rings (SSSR count). The largest absolute Gasteiger partial charge is 0.359 e. The fraction of sp³-hybridized carbons (Fsp3) is 0.588. The number of hydrogen-bond donors (Lipinski definition) is 3. The van der Waals surface area contributed by atoms with E-state index in [-0.39, 0.29) is 0 Å². The molecule has 0 bridgehead atoms. The van der Waals surface area contributed by atoms with Crippen molar-refractivity contribution in [3.8, 4) is 0 Å².